The van der Waals surface area contributed by atoms with Gasteiger partial charge in [0.2, 0.25) is 18.6 Å². The number of rotatable bonds is 8. The summed E-state index contributed by atoms with van der Waals surface area (Å²) < 4.78 is 18.4. The third-order valence-corrected chi connectivity index (χ3v) is 8.25. The molecule has 0 saturated carbocycles. The lowest BCUT2D eigenvalue weighted by molar-refractivity contribution is -0.122. The maximum atomic E-state index is 13.8. The van der Waals surface area contributed by atoms with Gasteiger partial charge in [-0.25, -0.2) is 4.68 Å². The highest BCUT2D eigenvalue weighted by Gasteiger charge is 2.40. The zero-order valence-corrected chi connectivity index (χ0v) is 25.2. The van der Waals surface area contributed by atoms with Gasteiger partial charge in [0, 0.05) is 24.1 Å². The lowest BCUT2D eigenvalue weighted by Crippen LogP contribution is -2.43. The quantitative estimate of drug-likeness (QED) is 0.431. The van der Waals surface area contributed by atoms with Crippen LogP contribution in [0.3, 0.4) is 0 Å². The first-order chi connectivity index (χ1) is 19.6. The molecule has 2 aliphatic heterocycles. The van der Waals surface area contributed by atoms with E-state index in [0.717, 1.165) is 22.5 Å². The van der Waals surface area contributed by atoms with E-state index in [2.05, 4.69) is 26.1 Å². The monoisotopic (exact) mass is 579 g/mol. The summed E-state index contributed by atoms with van der Waals surface area (Å²) in [6, 6.07) is 13.4. The number of amides is 2. The number of ether oxygens (including phenoxy) is 3. The molecular weight excluding hydrogens is 542 g/mol. The summed E-state index contributed by atoms with van der Waals surface area (Å²) in [6.45, 7) is 7.59. The van der Waals surface area contributed by atoms with E-state index in [1.54, 1.807) is 16.7 Å². The van der Waals surface area contributed by atoms with Crippen LogP contribution in [-0.4, -0.2) is 79.9 Å². The zero-order valence-electron chi connectivity index (χ0n) is 24.4. The van der Waals surface area contributed by atoms with Gasteiger partial charge >= 0.3 is 0 Å². The molecule has 1 N–H and O–H groups in total. The highest BCUT2D eigenvalue weighted by molar-refractivity contribution is 8.00. The van der Waals surface area contributed by atoms with Gasteiger partial charge in [0.15, 0.2) is 11.5 Å². The minimum atomic E-state index is -0.357. The molecule has 0 unspecified atom stereocenters. The Morgan fingerprint density at radius 2 is 1.88 bits per heavy atom. The summed E-state index contributed by atoms with van der Waals surface area (Å²) in [4.78, 5) is 30.6. The Hall–Kier alpha value is -3.70. The van der Waals surface area contributed by atoms with Gasteiger partial charge in [-0.15, -0.1) is 11.8 Å². The number of carbonyl (C=O) groups is 2. The van der Waals surface area contributed by atoms with Crippen LogP contribution in [0.2, 0.25) is 0 Å². The van der Waals surface area contributed by atoms with E-state index in [9.17, 15) is 9.59 Å². The van der Waals surface area contributed by atoms with Crippen LogP contribution >= 0.6 is 11.8 Å². The number of carbonyl (C=O) groups excluding carboxylic acids is 2. The van der Waals surface area contributed by atoms with E-state index in [1.807, 2.05) is 61.5 Å². The molecule has 218 valence electrons. The van der Waals surface area contributed by atoms with Crippen LogP contribution in [0.4, 0.5) is 5.82 Å². The summed E-state index contributed by atoms with van der Waals surface area (Å²) in [5.74, 6) is 2.51. The Morgan fingerprint density at radius 1 is 1.15 bits per heavy atom. The Kier molecular flexibility index (Phi) is 8.19. The van der Waals surface area contributed by atoms with Crippen LogP contribution in [0.1, 0.15) is 42.8 Å². The van der Waals surface area contributed by atoms with Crippen molar-refractivity contribution in [3.05, 3.63) is 59.3 Å². The van der Waals surface area contributed by atoms with E-state index in [4.69, 9.17) is 19.3 Å². The second-order valence-corrected chi connectivity index (χ2v) is 12.5. The predicted molar refractivity (Wildman–Crippen MR) is 160 cm³/mol. The molecule has 0 aliphatic carbocycles. The van der Waals surface area contributed by atoms with Crippen molar-refractivity contribution < 1.29 is 23.8 Å². The van der Waals surface area contributed by atoms with Crippen LogP contribution < -0.4 is 24.4 Å². The molecule has 2 aliphatic rings. The fourth-order valence-corrected chi connectivity index (χ4v) is 6.12. The number of fused-ring (bicyclic) bond motifs is 2. The molecule has 3 heterocycles. The lowest BCUT2D eigenvalue weighted by atomic mass is 9.87. The first-order valence-corrected chi connectivity index (χ1v) is 14.6. The van der Waals surface area contributed by atoms with Gasteiger partial charge in [-0.1, -0.05) is 26.8 Å². The van der Waals surface area contributed by atoms with Crippen molar-refractivity contribution in [3.8, 4) is 22.9 Å². The summed E-state index contributed by atoms with van der Waals surface area (Å²) in [5, 5.41) is 7.86. The molecule has 5 rings (SSSR count). The Morgan fingerprint density at radius 3 is 2.56 bits per heavy atom. The number of anilines is 1. The van der Waals surface area contributed by atoms with E-state index in [-0.39, 0.29) is 41.6 Å². The van der Waals surface area contributed by atoms with Crippen molar-refractivity contribution >= 4 is 29.4 Å². The van der Waals surface area contributed by atoms with Crippen molar-refractivity contribution in [2.24, 2.45) is 0 Å². The Bertz CT molecular complexity index is 1430. The topological polar surface area (TPSA) is 98.2 Å². The van der Waals surface area contributed by atoms with Crippen LogP contribution in [-0.2, 0) is 15.0 Å². The number of nitrogens with zero attached hydrogens (tertiary/aromatic N) is 4. The Balaban J connectivity index is 1.68. The van der Waals surface area contributed by atoms with Crippen LogP contribution in [0.5, 0.6) is 17.2 Å². The molecule has 1 atom stereocenters. The average molecular weight is 580 g/mol. The summed E-state index contributed by atoms with van der Waals surface area (Å²) in [7, 11) is 5.52. The number of aromatic nitrogens is 2. The van der Waals surface area contributed by atoms with Crippen molar-refractivity contribution in [1.82, 2.24) is 20.0 Å². The molecule has 1 aromatic heterocycles. The van der Waals surface area contributed by atoms with Gasteiger partial charge in [-0.05, 0) is 56.1 Å². The molecular formula is C30H37N5O5S. The van der Waals surface area contributed by atoms with Gasteiger partial charge < -0.3 is 24.4 Å². The maximum Gasteiger partial charge on any atom is 0.240 e. The molecule has 0 spiro atoms. The van der Waals surface area contributed by atoms with Crippen molar-refractivity contribution in [1.29, 1.82) is 0 Å². The average Bonchev–Trinajstić information content (AvgIpc) is 3.53. The highest BCUT2D eigenvalue weighted by Crippen LogP contribution is 2.49. The van der Waals surface area contributed by atoms with Gasteiger partial charge in [-0.2, -0.15) is 5.10 Å². The second kappa shape index (κ2) is 11.7. The van der Waals surface area contributed by atoms with E-state index >= 15 is 0 Å². The summed E-state index contributed by atoms with van der Waals surface area (Å²) >= 11 is 1.53. The zero-order chi connectivity index (χ0) is 29.3. The highest BCUT2D eigenvalue weighted by atomic mass is 32.2. The molecule has 2 aromatic carbocycles. The molecule has 0 saturated heterocycles. The summed E-state index contributed by atoms with van der Waals surface area (Å²) in [6.07, 6.45) is 0. The van der Waals surface area contributed by atoms with Gasteiger partial charge in [-0.3, -0.25) is 14.5 Å². The fourth-order valence-electron chi connectivity index (χ4n) is 4.93. The standard InChI is InChI=1S/C30H37N5O5S/c1-30(2,3)28-26-27(19-7-12-22-23(15-19)40-18-39-22)41-17-25(37)34(16-24(36)31-13-14-33(4)5)29(26)35(32-28)20-8-10-21(38-6)11-9-20/h7-12,15,27H,13-14,16-18H2,1-6H3,(H,31,36)/t27-/m1/s1. The van der Waals surface area contributed by atoms with E-state index < -0.39 is 0 Å². The third-order valence-electron chi connectivity index (χ3n) is 7.00. The predicted octanol–water partition coefficient (Wildman–Crippen LogP) is 3.75. The molecule has 11 heteroatoms. The number of benzene rings is 2. The number of nitrogens with one attached hydrogen (secondary N) is 1. The Labute approximate surface area is 244 Å². The van der Waals surface area contributed by atoms with Gasteiger partial charge in [0.05, 0.1) is 29.5 Å². The van der Waals surface area contributed by atoms with Gasteiger partial charge in [0.1, 0.15) is 18.1 Å². The van der Waals surface area contributed by atoms with Crippen LogP contribution in [0.15, 0.2) is 42.5 Å². The number of thioether (sulfide) groups is 1. The molecule has 2 amide bonds. The number of likely N-dealkylation sites (N-methyl/N-ethyl adjacent to an activating group) is 1. The first kappa shape index (κ1) is 28.8. The molecule has 0 bridgehead atoms. The minimum Gasteiger partial charge on any atom is -0.497 e. The normalized spacial score (nSPS) is 16.5. The van der Waals surface area contributed by atoms with E-state index in [0.29, 0.717) is 36.2 Å². The second-order valence-electron chi connectivity index (χ2n) is 11.4. The third kappa shape index (κ3) is 6.01. The van der Waals surface area contributed by atoms with Crippen molar-refractivity contribution in [2.75, 3.05) is 58.3 Å². The SMILES string of the molecule is COc1ccc(-n2nc(C(C)(C)C)c3c2N(CC(=O)NCCN(C)C)C(=O)CS[C@@H]3c2ccc3c(c2)OCO3)cc1. The van der Waals surface area contributed by atoms with Crippen LogP contribution in [0.25, 0.3) is 5.69 Å². The molecule has 3 aromatic rings. The molecule has 41 heavy (non-hydrogen) atoms. The van der Waals surface area contributed by atoms with Crippen molar-refractivity contribution in [3.63, 3.8) is 0 Å². The van der Waals surface area contributed by atoms with E-state index in [1.165, 1.54) is 11.8 Å². The smallest absolute Gasteiger partial charge is 0.240 e. The largest absolute Gasteiger partial charge is 0.497 e. The number of hydrogen-bond donors (Lipinski definition) is 1. The maximum absolute atomic E-state index is 13.8. The first-order valence-electron chi connectivity index (χ1n) is 13.6. The minimum absolute atomic E-state index is 0.112. The number of methoxy groups -OCH3 is 1. The molecule has 0 fully saturated rings. The molecule has 10 nitrogen and oxygen atoms in total. The summed E-state index contributed by atoms with van der Waals surface area (Å²) in [5.41, 5.74) is 3.14. The molecule has 0 radical (unpaired) electrons. The number of hydrogen-bond acceptors (Lipinski definition) is 8. The van der Waals surface area contributed by atoms with Crippen molar-refractivity contribution in [2.45, 2.75) is 31.4 Å². The fraction of sp³-hybridized carbons (Fsp3) is 0.433. The van der Waals surface area contributed by atoms with Crippen LogP contribution in [0, 0.1) is 0 Å². The van der Waals surface area contributed by atoms with Gasteiger partial charge in [0.25, 0.3) is 0 Å². The lowest BCUT2D eigenvalue weighted by Gasteiger charge is -2.24.